The van der Waals surface area contributed by atoms with Gasteiger partial charge in [0, 0.05) is 23.8 Å². The highest BCUT2D eigenvalue weighted by molar-refractivity contribution is 8.14. The van der Waals surface area contributed by atoms with Crippen LogP contribution in [0.4, 0.5) is 0 Å². The fraction of sp³-hybridized carbons (Fsp3) is 0.600. The first-order valence-electron chi connectivity index (χ1n) is 9.42. The molecule has 26 heavy (non-hydrogen) atoms. The Morgan fingerprint density at radius 1 is 1.31 bits per heavy atom. The summed E-state index contributed by atoms with van der Waals surface area (Å²) in [5.74, 6) is 1.52. The maximum absolute atomic E-state index is 11.5. The standard InChI is InChI=1S/C18H25NO4S.C2H6/c1-3-4-9-23-17(21)6-5-10-22-14-7-8-15(16(20)11-14)18-19-13(2)12-24-18;1-2/h7-8,11,13,20H,3-6,9-10,12H2,1-2H3;1-2H3. The van der Waals surface area contributed by atoms with Crippen LogP contribution in [0, 0.1) is 0 Å². The van der Waals surface area contributed by atoms with Crippen LogP contribution >= 0.6 is 11.8 Å². The summed E-state index contributed by atoms with van der Waals surface area (Å²) in [7, 11) is 0. The third kappa shape index (κ3) is 7.68. The van der Waals surface area contributed by atoms with Crippen molar-refractivity contribution in [3.63, 3.8) is 0 Å². The number of ether oxygens (including phenoxy) is 2. The molecule has 1 aromatic carbocycles. The van der Waals surface area contributed by atoms with Crippen molar-refractivity contribution in [2.75, 3.05) is 19.0 Å². The van der Waals surface area contributed by atoms with Crippen molar-refractivity contribution in [2.24, 2.45) is 4.99 Å². The minimum absolute atomic E-state index is 0.173. The van der Waals surface area contributed by atoms with Gasteiger partial charge in [0.05, 0.1) is 19.3 Å². The van der Waals surface area contributed by atoms with Crippen molar-refractivity contribution in [1.82, 2.24) is 0 Å². The van der Waals surface area contributed by atoms with E-state index < -0.39 is 0 Å². The Labute approximate surface area is 161 Å². The number of thioether (sulfide) groups is 1. The normalized spacial score (nSPS) is 15.7. The molecule has 1 aliphatic rings. The highest BCUT2D eigenvalue weighted by atomic mass is 32.2. The van der Waals surface area contributed by atoms with Crippen molar-refractivity contribution in [3.8, 4) is 11.5 Å². The molecule has 146 valence electrons. The molecule has 1 N–H and O–H groups in total. The molecule has 0 aromatic heterocycles. The third-order valence-corrected chi connectivity index (χ3v) is 4.80. The highest BCUT2D eigenvalue weighted by Crippen LogP contribution is 2.31. The molecule has 0 amide bonds. The number of rotatable bonds is 9. The van der Waals surface area contributed by atoms with Gasteiger partial charge in [-0.15, -0.1) is 11.8 Å². The molecule has 0 fully saturated rings. The highest BCUT2D eigenvalue weighted by Gasteiger charge is 2.18. The predicted octanol–water partition coefficient (Wildman–Crippen LogP) is 4.80. The summed E-state index contributed by atoms with van der Waals surface area (Å²) >= 11 is 1.65. The number of esters is 1. The van der Waals surface area contributed by atoms with Gasteiger partial charge in [0.2, 0.25) is 0 Å². The number of phenols is 1. The zero-order valence-corrected chi connectivity index (χ0v) is 17.1. The fourth-order valence-electron chi connectivity index (χ4n) is 2.21. The topological polar surface area (TPSA) is 68.1 Å². The average molecular weight is 382 g/mol. The molecular weight excluding hydrogens is 350 g/mol. The first-order valence-corrected chi connectivity index (χ1v) is 10.4. The molecule has 0 saturated heterocycles. The van der Waals surface area contributed by atoms with E-state index in [4.69, 9.17) is 9.47 Å². The molecule has 5 nitrogen and oxygen atoms in total. The van der Waals surface area contributed by atoms with Crippen LogP contribution in [0.3, 0.4) is 0 Å². The van der Waals surface area contributed by atoms with E-state index in [2.05, 4.69) is 18.8 Å². The second-order valence-corrected chi connectivity index (χ2v) is 6.81. The Balaban J connectivity index is 0.00000163. The number of hydrogen-bond donors (Lipinski definition) is 1. The molecule has 1 heterocycles. The van der Waals surface area contributed by atoms with Crippen LogP contribution < -0.4 is 4.74 Å². The van der Waals surface area contributed by atoms with E-state index >= 15 is 0 Å². The third-order valence-electron chi connectivity index (χ3n) is 3.55. The Kier molecular flexibility index (Phi) is 10.9. The average Bonchev–Trinajstić information content (AvgIpc) is 3.07. The van der Waals surface area contributed by atoms with Crippen LogP contribution in [0.25, 0.3) is 0 Å². The molecule has 1 unspecified atom stereocenters. The Morgan fingerprint density at radius 3 is 2.69 bits per heavy atom. The number of nitrogens with zero attached hydrogens (tertiary/aromatic N) is 1. The van der Waals surface area contributed by atoms with Gasteiger partial charge in [0.1, 0.15) is 16.5 Å². The fourth-order valence-corrected chi connectivity index (χ4v) is 3.27. The lowest BCUT2D eigenvalue weighted by Crippen LogP contribution is -2.08. The maximum atomic E-state index is 11.5. The van der Waals surface area contributed by atoms with Gasteiger partial charge in [-0.1, -0.05) is 27.2 Å². The van der Waals surface area contributed by atoms with E-state index in [1.54, 1.807) is 17.8 Å². The molecule has 0 spiro atoms. The molecule has 1 aromatic rings. The van der Waals surface area contributed by atoms with Gasteiger partial charge in [-0.3, -0.25) is 9.79 Å². The quantitative estimate of drug-likeness (QED) is 0.491. The maximum Gasteiger partial charge on any atom is 0.305 e. The predicted molar refractivity (Wildman–Crippen MR) is 109 cm³/mol. The molecule has 1 aliphatic heterocycles. The summed E-state index contributed by atoms with van der Waals surface area (Å²) in [6.07, 6.45) is 2.85. The van der Waals surface area contributed by atoms with Crippen molar-refractivity contribution in [3.05, 3.63) is 23.8 Å². The SMILES string of the molecule is CC.CCCCOC(=O)CCCOc1ccc(C2=NC(C)CS2)c(O)c1. The molecule has 0 saturated carbocycles. The molecular formula is C20H31NO4S. The Hall–Kier alpha value is -1.69. The van der Waals surface area contributed by atoms with Crippen molar-refractivity contribution >= 4 is 22.8 Å². The van der Waals surface area contributed by atoms with Crippen LogP contribution in [0.5, 0.6) is 11.5 Å². The minimum atomic E-state index is -0.185. The van der Waals surface area contributed by atoms with E-state index in [9.17, 15) is 9.90 Å². The van der Waals surface area contributed by atoms with E-state index in [0.29, 0.717) is 31.8 Å². The van der Waals surface area contributed by atoms with Gasteiger partial charge < -0.3 is 14.6 Å². The lowest BCUT2D eigenvalue weighted by atomic mass is 10.2. The smallest absolute Gasteiger partial charge is 0.305 e. The van der Waals surface area contributed by atoms with E-state index in [1.807, 2.05) is 26.0 Å². The summed E-state index contributed by atoms with van der Waals surface area (Å²) in [5, 5.41) is 11.0. The van der Waals surface area contributed by atoms with Crippen LogP contribution in [0.2, 0.25) is 0 Å². The minimum Gasteiger partial charge on any atom is -0.507 e. The lowest BCUT2D eigenvalue weighted by Gasteiger charge is -2.09. The monoisotopic (exact) mass is 381 g/mol. The molecule has 6 heteroatoms. The lowest BCUT2D eigenvalue weighted by molar-refractivity contribution is -0.144. The van der Waals surface area contributed by atoms with Crippen LogP contribution in [-0.2, 0) is 9.53 Å². The van der Waals surface area contributed by atoms with Crippen molar-refractivity contribution in [1.29, 1.82) is 0 Å². The van der Waals surface area contributed by atoms with Crippen LogP contribution in [0.15, 0.2) is 23.2 Å². The zero-order chi connectivity index (χ0) is 19.4. The number of phenolic OH excluding ortho intramolecular Hbond substituents is 1. The van der Waals surface area contributed by atoms with E-state index in [0.717, 1.165) is 29.2 Å². The molecule has 0 bridgehead atoms. The summed E-state index contributed by atoms with van der Waals surface area (Å²) in [6, 6.07) is 5.53. The number of carbonyl (C=O) groups excluding carboxylic acids is 1. The second kappa shape index (κ2) is 12.6. The first-order chi connectivity index (χ1) is 12.6. The van der Waals surface area contributed by atoms with Gasteiger partial charge in [-0.2, -0.15) is 0 Å². The number of aliphatic imine (C=N–C) groups is 1. The van der Waals surface area contributed by atoms with Gasteiger partial charge >= 0.3 is 5.97 Å². The summed E-state index contributed by atoms with van der Waals surface area (Å²) in [6.45, 7) is 9.02. The van der Waals surface area contributed by atoms with E-state index in [1.165, 1.54) is 0 Å². The Bertz CT molecular complexity index is 589. The number of benzene rings is 1. The number of hydrogen-bond acceptors (Lipinski definition) is 6. The summed E-state index contributed by atoms with van der Waals surface area (Å²) in [5.41, 5.74) is 0.746. The molecule has 2 rings (SSSR count). The van der Waals surface area contributed by atoms with E-state index in [-0.39, 0.29) is 17.8 Å². The summed E-state index contributed by atoms with van der Waals surface area (Å²) < 4.78 is 10.7. The zero-order valence-electron chi connectivity index (χ0n) is 16.3. The molecule has 0 radical (unpaired) electrons. The van der Waals surface area contributed by atoms with Gasteiger partial charge in [0.25, 0.3) is 0 Å². The Morgan fingerprint density at radius 2 is 2.08 bits per heavy atom. The van der Waals surface area contributed by atoms with Crippen molar-refractivity contribution < 1.29 is 19.4 Å². The van der Waals surface area contributed by atoms with Gasteiger partial charge in [-0.25, -0.2) is 0 Å². The first kappa shape index (κ1) is 22.4. The number of aromatic hydroxyl groups is 1. The van der Waals surface area contributed by atoms with Crippen LogP contribution in [0.1, 0.15) is 58.9 Å². The summed E-state index contributed by atoms with van der Waals surface area (Å²) in [4.78, 5) is 16.0. The number of carbonyl (C=O) groups is 1. The van der Waals surface area contributed by atoms with Crippen LogP contribution in [-0.4, -0.2) is 41.1 Å². The largest absolute Gasteiger partial charge is 0.507 e. The number of unbranched alkanes of at least 4 members (excludes halogenated alkanes) is 1. The van der Waals surface area contributed by atoms with Gasteiger partial charge in [-0.05, 0) is 31.9 Å². The molecule has 1 atom stereocenters. The molecule has 0 aliphatic carbocycles. The second-order valence-electron chi connectivity index (χ2n) is 5.80. The van der Waals surface area contributed by atoms with Crippen molar-refractivity contribution in [2.45, 2.75) is 59.4 Å². The van der Waals surface area contributed by atoms with Gasteiger partial charge in [0.15, 0.2) is 0 Å².